The van der Waals surface area contributed by atoms with E-state index < -0.39 is 0 Å². The van der Waals surface area contributed by atoms with Crippen LogP contribution in [-0.2, 0) is 17.8 Å². The lowest BCUT2D eigenvalue weighted by Gasteiger charge is -2.44. The molecule has 1 N–H and O–H groups in total. The SMILES string of the molecule is CC1CN2CCCC2CN1C(=O)C1Cc2ccccc2CN1. The molecule has 4 nitrogen and oxygen atoms in total. The Balaban J connectivity index is 1.48. The number of carbonyl (C=O) groups is 1. The number of fused-ring (bicyclic) bond motifs is 2. The second-order valence-electron chi connectivity index (χ2n) is 7.04. The van der Waals surface area contributed by atoms with Crippen LogP contribution in [0.25, 0.3) is 0 Å². The Morgan fingerprint density at radius 3 is 2.91 bits per heavy atom. The average molecular weight is 299 g/mol. The van der Waals surface area contributed by atoms with E-state index >= 15 is 0 Å². The van der Waals surface area contributed by atoms with E-state index in [1.165, 1.54) is 30.5 Å². The largest absolute Gasteiger partial charge is 0.336 e. The zero-order chi connectivity index (χ0) is 15.1. The van der Waals surface area contributed by atoms with Crippen molar-refractivity contribution in [1.29, 1.82) is 0 Å². The van der Waals surface area contributed by atoms with Crippen molar-refractivity contribution in [3.05, 3.63) is 35.4 Å². The zero-order valence-electron chi connectivity index (χ0n) is 13.3. The lowest BCUT2D eigenvalue weighted by molar-refractivity contribution is -0.139. The van der Waals surface area contributed by atoms with Crippen LogP contribution < -0.4 is 5.32 Å². The van der Waals surface area contributed by atoms with E-state index in [0.29, 0.717) is 18.0 Å². The highest BCUT2D eigenvalue weighted by Crippen LogP contribution is 2.26. The first-order valence-electron chi connectivity index (χ1n) is 8.57. The number of carbonyl (C=O) groups excluding carboxylic acids is 1. The summed E-state index contributed by atoms with van der Waals surface area (Å²) in [6.07, 6.45) is 3.36. The zero-order valence-corrected chi connectivity index (χ0v) is 13.3. The molecule has 4 rings (SSSR count). The number of nitrogens with zero attached hydrogens (tertiary/aromatic N) is 2. The van der Waals surface area contributed by atoms with Crippen LogP contribution in [0.1, 0.15) is 30.9 Å². The topological polar surface area (TPSA) is 35.6 Å². The van der Waals surface area contributed by atoms with Crippen molar-refractivity contribution in [2.75, 3.05) is 19.6 Å². The summed E-state index contributed by atoms with van der Waals surface area (Å²) >= 11 is 0. The summed E-state index contributed by atoms with van der Waals surface area (Å²) in [5.41, 5.74) is 2.66. The molecule has 0 aromatic heterocycles. The van der Waals surface area contributed by atoms with Gasteiger partial charge in [0.1, 0.15) is 0 Å². The molecule has 2 saturated heterocycles. The first-order valence-corrected chi connectivity index (χ1v) is 8.57. The molecule has 0 spiro atoms. The molecule has 3 aliphatic rings. The van der Waals surface area contributed by atoms with Crippen LogP contribution in [0.5, 0.6) is 0 Å². The number of nitrogens with one attached hydrogen (secondary N) is 1. The van der Waals surface area contributed by atoms with Crippen molar-refractivity contribution in [3.8, 4) is 0 Å². The van der Waals surface area contributed by atoms with Crippen LogP contribution in [0.4, 0.5) is 0 Å². The van der Waals surface area contributed by atoms with E-state index in [1.54, 1.807) is 0 Å². The fourth-order valence-corrected chi connectivity index (χ4v) is 4.32. The molecule has 3 unspecified atom stereocenters. The molecule has 118 valence electrons. The maximum atomic E-state index is 13.0. The van der Waals surface area contributed by atoms with E-state index in [9.17, 15) is 4.79 Å². The second kappa shape index (κ2) is 5.67. The number of benzene rings is 1. The van der Waals surface area contributed by atoms with Gasteiger partial charge in [-0.1, -0.05) is 24.3 Å². The van der Waals surface area contributed by atoms with Gasteiger partial charge in [0.25, 0.3) is 0 Å². The van der Waals surface area contributed by atoms with Crippen LogP contribution in [0.3, 0.4) is 0 Å². The smallest absolute Gasteiger partial charge is 0.240 e. The van der Waals surface area contributed by atoms with Gasteiger partial charge in [-0.2, -0.15) is 0 Å². The van der Waals surface area contributed by atoms with E-state index in [-0.39, 0.29) is 6.04 Å². The summed E-state index contributed by atoms with van der Waals surface area (Å²) < 4.78 is 0. The van der Waals surface area contributed by atoms with Crippen molar-refractivity contribution in [3.63, 3.8) is 0 Å². The van der Waals surface area contributed by atoms with Crippen molar-refractivity contribution < 1.29 is 4.79 Å². The molecule has 4 heteroatoms. The Morgan fingerprint density at radius 1 is 1.23 bits per heavy atom. The van der Waals surface area contributed by atoms with Crippen molar-refractivity contribution in [2.24, 2.45) is 0 Å². The maximum Gasteiger partial charge on any atom is 0.240 e. The fourth-order valence-electron chi connectivity index (χ4n) is 4.32. The number of piperazine rings is 1. The third-order valence-electron chi connectivity index (χ3n) is 5.60. The van der Waals surface area contributed by atoms with Gasteiger partial charge >= 0.3 is 0 Å². The third-order valence-corrected chi connectivity index (χ3v) is 5.60. The monoisotopic (exact) mass is 299 g/mol. The normalized spacial score (nSPS) is 31.7. The summed E-state index contributed by atoms with van der Waals surface area (Å²) in [5.74, 6) is 0.300. The number of hydrogen-bond donors (Lipinski definition) is 1. The fraction of sp³-hybridized carbons (Fsp3) is 0.611. The number of rotatable bonds is 1. The molecule has 0 aliphatic carbocycles. The Bertz CT molecular complexity index is 573. The molecule has 3 atom stereocenters. The minimum Gasteiger partial charge on any atom is -0.336 e. The Morgan fingerprint density at radius 2 is 2.05 bits per heavy atom. The maximum absolute atomic E-state index is 13.0. The minimum absolute atomic E-state index is 0.0506. The van der Waals surface area contributed by atoms with Crippen LogP contribution >= 0.6 is 0 Å². The predicted octanol–water partition coefficient (Wildman–Crippen LogP) is 1.40. The predicted molar refractivity (Wildman–Crippen MR) is 86.5 cm³/mol. The summed E-state index contributed by atoms with van der Waals surface area (Å²) in [6, 6.07) is 9.34. The Hall–Kier alpha value is -1.39. The molecule has 3 aliphatic heterocycles. The molecule has 22 heavy (non-hydrogen) atoms. The van der Waals surface area contributed by atoms with Gasteiger partial charge in [0, 0.05) is 31.7 Å². The van der Waals surface area contributed by atoms with Gasteiger partial charge in [0.15, 0.2) is 0 Å². The molecule has 0 saturated carbocycles. The van der Waals surface area contributed by atoms with Gasteiger partial charge in [-0.25, -0.2) is 0 Å². The molecule has 0 radical (unpaired) electrons. The van der Waals surface area contributed by atoms with Gasteiger partial charge < -0.3 is 10.2 Å². The molecule has 0 bridgehead atoms. The standard InChI is InChI=1S/C18H25N3O/c1-13-11-20-8-4-7-16(20)12-21(13)18(22)17-9-14-5-2-3-6-15(14)10-19-17/h2-3,5-6,13,16-17,19H,4,7-12H2,1H3. The van der Waals surface area contributed by atoms with Crippen LogP contribution in [0.15, 0.2) is 24.3 Å². The molecule has 2 fully saturated rings. The molecular formula is C18H25N3O. The van der Waals surface area contributed by atoms with E-state index in [0.717, 1.165) is 26.1 Å². The number of hydrogen-bond acceptors (Lipinski definition) is 3. The molecule has 1 aromatic carbocycles. The molecule has 3 heterocycles. The van der Waals surface area contributed by atoms with Crippen molar-refractivity contribution >= 4 is 5.91 Å². The van der Waals surface area contributed by atoms with Gasteiger partial charge in [0.05, 0.1) is 6.04 Å². The van der Waals surface area contributed by atoms with Gasteiger partial charge in [-0.05, 0) is 43.9 Å². The first kappa shape index (κ1) is 14.2. The van der Waals surface area contributed by atoms with E-state index in [1.807, 2.05) is 0 Å². The van der Waals surface area contributed by atoms with Crippen molar-refractivity contribution in [1.82, 2.24) is 15.1 Å². The first-order chi connectivity index (χ1) is 10.7. The quantitative estimate of drug-likeness (QED) is 0.851. The molecular weight excluding hydrogens is 274 g/mol. The van der Waals surface area contributed by atoms with Gasteiger partial charge in [-0.3, -0.25) is 9.69 Å². The van der Waals surface area contributed by atoms with Gasteiger partial charge in [-0.15, -0.1) is 0 Å². The second-order valence-corrected chi connectivity index (χ2v) is 7.04. The lowest BCUT2D eigenvalue weighted by Crippen LogP contribution is -2.61. The Labute approximate surface area is 132 Å². The molecule has 1 aromatic rings. The molecule has 1 amide bonds. The van der Waals surface area contributed by atoms with Crippen LogP contribution in [-0.4, -0.2) is 53.5 Å². The average Bonchev–Trinajstić information content (AvgIpc) is 3.00. The van der Waals surface area contributed by atoms with Crippen LogP contribution in [0.2, 0.25) is 0 Å². The van der Waals surface area contributed by atoms with Gasteiger partial charge in [0.2, 0.25) is 5.91 Å². The Kier molecular flexibility index (Phi) is 3.66. The summed E-state index contributed by atoms with van der Waals surface area (Å²) in [5, 5.41) is 3.45. The highest BCUT2D eigenvalue weighted by Gasteiger charge is 2.38. The highest BCUT2D eigenvalue weighted by atomic mass is 16.2. The summed E-state index contributed by atoms with van der Waals surface area (Å²) in [7, 11) is 0. The van der Waals surface area contributed by atoms with E-state index in [4.69, 9.17) is 0 Å². The summed E-state index contributed by atoms with van der Waals surface area (Å²) in [6.45, 7) is 6.18. The lowest BCUT2D eigenvalue weighted by atomic mass is 9.94. The van der Waals surface area contributed by atoms with E-state index in [2.05, 4.69) is 46.3 Å². The summed E-state index contributed by atoms with van der Waals surface area (Å²) in [4.78, 5) is 17.7. The highest BCUT2D eigenvalue weighted by molar-refractivity contribution is 5.83. The van der Waals surface area contributed by atoms with Crippen LogP contribution in [0, 0.1) is 0 Å². The third kappa shape index (κ3) is 2.44. The van der Waals surface area contributed by atoms with Crippen molar-refractivity contribution in [2.45, 2.75) is 50.9 Å². The minimum atomic E-state index is -0.0506. The number of amides is 1.